The molecule has 0 saturated carbocycles. The van der Waals surface area contributed by atoms with Gasteiger partial charge in [-0.25, -0.2) is 0 Å². The van der Waals surface area contributed by atoms with Crippen molar-refractivity contribution in [3.05, 3.63) is 72.9 Å². The Morgan fingerprint density at radius 1 is 0.411 bits per heavy atom. The first-order valence-corrected chi connectivity index (χ1v) is 23.5. The minimum absolute atomic E-state index is 0.0700. The van der Waals surface area contributed by atoms with Gasteiger partial charge in [0.05, 0.1) is 6.61 Å². The van der Waals surface area contributed by atoms with Crippen LogP contribution >= 0.6 is 0 Å². The molecule has 0 spiro atoms. The van der Waals surface area contributed by atoms with E-state index in [1.165, 1.54) is 83.5 Å². The molecule has 0 aliphatic carbocycles. The Morgan fingerprint density at radius 3 is 1.32 bits per heavy atom. The van der Waals surface area contributed by atoms with Gasteiger partial charge in [0, 0.05) is 19.4 Å². The van der Waals surface area contributed by atoms with Crippen molar-refractivity contribution >= 4 is 11.9 Å². The van der Waals surface area contributed by atoms with Crippen molar-refractivity contribution in [2.75, 3.05) is 19.8 Å². The number of allylic oxidation sites excluding steroid dienone is 12. The zero-order valence-corrected chi connectivity index (χ0v) is 36.9. The molecule has 0 aliphatic rings. The summed E-state index contributed by atoms with van der Waals surface area (Å²) in [7, 11) is 0. The molecule has 0 aliphatic heterocycles. The molecule has 0 aromatic rings. The van der Waals surface area contributed by atoms with Crippen LogP contribution in [0.25, 0.3) is 0 Å². The molecule has 1 unspecified atom stereocenters. The first-order valence-electron chi connectivity index (χ1n) is 23.5. The highest BCUT2D eigenvalue weighted by molar-refractivity contribution is 5.70. The normalized spacial score (nSPS) is 12.8. The Morgan fingerprint density at radius 2 is 0.804 bits per heavy atom. The zero-order chi connectivity index (χ0) is 40.7. The average molecular weight is 781 g/mol. The molecular weight excluding hydrogens is 693 g/mol. The first-order chi connectivity index (χ1) is 27.6. The fourth-order valence-corrected chi connectivity index (χ4v) is 6.24. The van der Waals surface area contributed by atoms with E-state index in [4.69, 9.17) is 14.2 Å². The molecule has 0 N–H and O–H groups in total. The average Bonchev–Trinajstić information content (AvgIpc) is 3.20. The molecule has 0 rings (SSSR count). The fourth-order valence-electron chi connectivity index (χ4n) is 6.24. The predicted molar refractivity (Wildman–Crippen MR) is 242 cm³/mol. The summed E-state index contributed by atoms with van der Waals surface area (Å²) in [5, 5.41) is 0. The Kier molecular flexibility index (Phi) is 44.5. The van der Waals surface area contributed by atoms with E-state index in [1.54, 1.807) is 0 Å². The maximum absolute atomic E-state index is 12.7. The quantitative estimate of drug-likeness (QED) is 0.0351. The molecule has 1 atom stereocenters. The topological polar surface area (TPSA) is 61.8 Å². The van der Waals surface area contributed by atoms with Crippen LogP contribution in [0.3, 0.4) is 0 Å². The third-order valence-corrected chi connectivity index (χ3v) is 9.73. The van der Waals surface area contributed by atoms with Crippen molar-refractivity contribution in [3.8, 4) is 0 Å². The van der Waals surface area contributed by atoms with Crippen LogP contribution in [0.15, 0.2) is 72.9 Å². The number of ether oxygens (including phenoxy) is 3. The van der Waals surface area contributed by atoms with Gasteiger partial charge in [-0.1, -0.05) is 184 Å². The third kappa shape index (κ3) is 44.1. The van der Waals surface area contributed by atoms with Crippen LogP contribution in [0.1, 0.15) is 213 Å². The van der Waals surface area contributed by atoms with E-state index in [-0.39, 0.29) is 25.2 Å². The molecule has 0 aromatic carbocycles. The molecule has 0 heterocycles. The van der Waals surface area contributed by atoms with Crippen LogP contribution in [-0.2, 0) is 23.8 Å². The van der Waals surface area contributed by atoms with E-state index in [2.05, 4.69) is 93.7 Å². The van der Waals surface area contributed by atoms with Crippen LogP contribution in [0.2, 0.25) is 0 Å². The Bertz CT molecular complexity index is 1020. The molecule has 0 amide bonds. The lowest BCUT2D eigenvalue weighted by molar-refractivity contribution is -0.163. The summed E-state index contributed by atoms with van der Waals surface area (Å²) in [6.45, 7) is 7.62. The second-order valence-electron chi connectivity index (χ2n) is 15.3. The lowest BCUT2D eigenvalue weighted by Crippen LogP contribution is -2.30. The van der Waals surface area contributed by atoms with E-state index < -0.39 is 6.10 Å². The number of rotatable bonds is 42. The number of hydrogen-bond donors (Lipinski definition) is 0. The SMILES string of the molecule is CC/C=C\C/C=C\C/C=C\C/C=C\CCCCCCCCC(=O)OCC(COCCCCCCCC)OC(=O)CCCCCCC/C=C\C/C=C\CCCCC. The number of unbranched alkanes of at least 4 members (excludes halogenated alkanes) is 19. The van der Waals surface area contributed by atoms with E-state index in [0.717, 1.165) is 96.3 Å². The summed E-state index contributed by atoms with van der Waals surface area (Å²) in [5.41, 5.74) is 0. The molecule has 0 saturated heterocycles. The highest BCUT2D eigenvalue weighted by Crippen LogP contribution is 2.13. The number of carbonyl (C=O) groups is 2. The van der Waals surface area contributed by atoms with Gasteiger partial charge in [0.1, 0.15) is 6.61 Å². The minimum Gasteiger partial charge on any atom is -0.462 e. The smallest absolute Gasteiger partial charge is 0.306 e. The van der Waals surface area contributed by atoms with Crippen molar-refractivity contribution < 1.29 is 23.8 Å². The van der Waals surface area contributed by atoms with Gasteiger partial charge in [0.15, 0.2) is 6.10 Å². The summed E-state index contributed by atoms with van der Waals surface area (Å²) in [5.74, 6) is -0.433. The number of esters is 2. The Balaban J connectivity index is 4.16. The van der Waals surface area contributed by atoms with Gasteiger partial charge < -0.3 is 14.2 Å². The van der Waals surface area contributed by atoms with Crippen LogP contribution < -0.4 is 0 Å². The fraction of sp³-hybridized carbons (Fsp3) is 0.725. The van der Waals surface area contributed by atoms with Crippen molar-refractivity contribution in [2.24, 2.45) is 0 Å². The van der Waals surface area contributed by atoms with Gasteiger partial charge in [0.2, 0.25) is 0 Å². The maximum Gasteiger partial charge on any atom is 0.306 e. The second kappa shape index (κ2) is 46.7. The summed E-state index contributed by atoms with van der Waals surface area (Å²) in [6, 6.07) is 0. The molecule has 0 fully saturated rings. The highest BCUT2D eigenvalue weighted by Gasteiger charge is 2.17. The van der Waals surface area contributed by atoms with Crippen molar-refractivity contribution in [2.45, 2.75) is 219 Å². The van der Waals surface area contributed by atoms with Gasteiger partial charge in [-0.15, -0.1) is 0 Å². The summed E-state index contributed by atoms with van der Waals surface area (Å²) in [6.07, 6.45) is 59.1. The van der Waals surface area contributed by atoms with Gasteiger partial charge >= 0.3 is 11.9 Å². The van der Waals surface area contributed by atoms with Gasteiger partial charge in [-0.3, -0.25) is 9.59 Å². The van der Waals surface area contributed by atoms with Crippen molar-refractivity contribution in [3.63, 3.8) is 0 Å². The molecule has 0 bridgehead atoms. The Hall–Kier alpha value is -2.66. The number of carbonyl (C=O) groups excluding carboxylic acids is 2. The largest absolute Gasteiger partial charge is 0.462 e. The van der Waals surface area contributed by atoms with Gasteiger partial charge in [-0.05, 0) is 89.9 Å². The number of hydrogen-bond acceptors (Lipinski definition) is 5. The van der Waals surface area contributed by atoms with Crippen LogP contribution in [-0.4, -0.2) is 37.9 Å². The molecule has 0 aromatic heterocycles. The van der Waals surface area contributed by atoms with Gasteiger partial charge in [0.25, 0.3) is 0 Å². The third-order valence-electron chi connectivity index (χ3n) is 9.73. The van der Waals surface area contributed by atoms with Gasteiger partial charge in [-0.2, -0.15) is 0 Å². The van der Waals surface area contributed by atoms with E-state index in [0.29, 0.717) is 19.4 Å². The lowest BCUT2D eigenvalue weighted by Gasteiger charge is -2.18. The van der Waals surface area contributed by atoms with Crippen LogP contribution in [0.4, 0.5) is 0 Å². The summed E-state index contributed by atoms with van der Waals surface area (Å²) in [4.78, 5) is 25.2. The standard InChI is InChI=1S/C51H88O5/c1-4-7-10-13-16-18-20-22-24-25-26-27-29-30-32-34-36-38-41-44-50(52)55-48-49(47-54-46-43-40-15-12-9-6-3)56-51(53)45-42-39-37-35-33-31-28-23-21-19-17-14-11-8-5-2/h7,10,16-19,22-24,26-28,49H,4-6,8-9,11-15,20-21,25,29-48H2,1-3H3/b10-7-,18-16-,19-17-,24-22-,27-26-,28-23-. The predicted octanol–water partition coefficient (Wildman–Crippen LogP) is 15.6. The minimum atomic E-state index is -0.547. The lowest BCUT2D eigenvalue weighted by atomic mass is 10.1. The van der Waals surface area contributed by atoms with E-state index >= 15 is 0 Å². The molecule has 0 radical (unpaired) electrons. The second-order valence-corrected chi connectivity index (χ2v) is 15.3. The zero-order valence-electron chi connectivity index (χ0n) is 36.9. The summed E-state index contributed by atoms with van der Waals surface area (Å²) >= 11 is 0. The molecule has 5 heteroatoms. The van der Waals surface area contributed by atoms with Crippen LogP contribution in [0, 0.1) is 0 Å². The summed E-state index contributed by atoms with van der Waals surface area (Å²) < 4.78 is 17.2. The van der Waals surface area contributed by atoms with E-state index in [9.17, 15) is 9.59 Å². The molecular formula is C51H88O5. The monoisotopic (exact) mass is 781 g/mol. The van der Waals surface area contributed by atoms with Crippen LogP contribution in [0.5, 0.6) is 0 Å². The van der Waals surface area contributed by atoms with Crippen molar-refractivity contribution in [1.29, 1.82) is 0 Å². The Labute approximate surface area is 347 Å². The highest BCUT2D eigenvalue weighted by atomic mass is 16.6. The van der Waals surface area contributed by atoms with E-state index in [1.807, 2.05) is 0 Å². The maximum atomic E-state index is 12.7. The molecule has 5 nitrogen and oxygen atoms in total. The molecule has 56 heavy (non-hydrogen) atoms. The first kappa shape index (κ1) is 53.3. The van der Waals surface area contributed by atoms with Crippen molar-refractivity contribution in [1.82, 2.24) is 0 Å². The molecule has 322 valence electrons.